The summed E-state index contributed by atoms with van der Waals surface area (Å²) in [6, 6.07) is 6.68. The first kappa shape index (κ1) is 11.8. The molecule has 0 aliphatic carbocycles. The number of carbonyl (C=O) groups excluding carboxylic acids is 1. The molecule has 0 spiro atoms. The summed E-state index contributed by atoms with van der Waals surface area (Å²) in [5.74, 6) is -0.695. The second-order valence-corrected chi connectivity index (χ2v) is 3.53. The van der Waals surface area contributed by atoms with E-state index in [4.69, 9.17) is 16.2 Å². The number of ether oxygens (including phenoxy) is 1. The Morgan fingerprint density at radius 1 is 1.28 bits per heavy atom. The summed E-state index contributed by atoms with van der Waals surface area (Å²) in [5.41, 5.74) is 11.2. The van der Waals surface area contributed by atoms with E-state index >= 15 is 0 Å². The number of pyridine rings is 1. The molecular formula is C12H10FN3O2. The summed E-state index contributed by atoms with van der Waals surface area (Å²) in [7, 11) is 0. The van der Waals surface area contributed by atoms with Crippen LogP contribution >= 0.6 is 0 Å². The molecule has 1 heterocycles. The molecule has 1 aromatic heterocycles. The standard InChI is InChI=1S/C12H10FN3O2/c13-8-2-3-9(14)10(5-8)18-11-4-1-7(6-16-11)12(15)17/h1-6H,14H2,(H2,15,17). The molecular weight excluding hydrogens is 237 g/mol. The first-order valence-electron chi connectivity index (χ1n) is 5.05. The van der Waals surface area contributed by atoms with E-state index in [1.165, 1.54) is 30.5 Å². The number of hydrogen-bond donors (Lipinski definition) is 2. The highest BCUT2D eigenvalue weighted by Crippen LogP contribution is 2.26. The number of nitrogens with two attached hydrogens (primary N) is 2. The molecule has 4 N–H and O–H groups in total. The van der Waals surface area contributed by atoms with Gasteiger partial charge in [0.1, 0.15) is 5.82 Å². The van der Waals surface area contributed by atoms with E-state index in [1.807, 2.05) is 0 Å². The van der Waals surface area contributed by atoms with Crippen molar-refractivity contribution in [2.75, 3.05) is 5.73 Å². The number of benzene rings is 1. The van der Waals surface area contributed by atoms with Crippen LogP contribution in [-0.4, -0.2) is 10.9 Å². The summed E-state index contributed by atoms with van der Waals surface area (Å²) < 4.78 is 18.3. The molecule has 92 valence electrons. The molecule has 2 rings (SSSR count). The Balaban J connectivity index is 2.23. The number of hydrogen-bond acceptors (Lipinski definition) is 4. The van der Waals surface area contributed by atoms with Gasteiger partial charge in [0, 0.05) is 18.3 Å². The van der Waals surface area contributed by atoms with Crippen molar-refractivity contribution in [2.24, 2.45) is 5.73 Å². The Kier molecular flexibility index (Phi) is 3.09. The number of rotatable bonds is 3. The lowest BCUT2D eigenvalue weighted by Crippen LogP contribution is -2.10. The number of halogens is 1. The van der Waals surface area contributed by atoms with Crippen molar-refractivity contribution in [1.29, 1.82) is 0 Å². The predicted molar refractivity (Wildman–Crippen MR) is 63.6 cm³/mol. The highest BCUT2D eigenvalue weighted by molar-refractivity contribution is 5.92. The Morgan fingerprint density at radius 3 is 2.67 bits per heavy atom. The van der Waals surface area contributed by atoms with Crippen LogP contribution in [0.3, 0.4) is 0 Å². The van der Waals surface area contributed by atoms with Crippen LogP contribution in [0.15, 0.2) is 36.5 Å². The van der Waals surface area contributed by atoms with Crippen LogP contribution in [0.4, 0.5) is 10.1 Å². The molecule has 0 saturated heterocycles. The molecule has 0 aliphatic rings. The maximum atomic E-state index is 13.0. The van der Waals surface area contributed by atoms with Gasteiger partial charge in [0.2, 0.25) is 11.8 Å². The molecule has 0 aliphatic heterocycles. The molecule has 6 heteroatoms. The fourth-order valence-corrected chi connectivity index (χ4v) is 1.30. The molecule has 1 amide bonds. The largest absolute Gasteiger partial charge is 0.437 e. The van der Waals surface area contributed by atoms with Crippen LogP contribution in [0.1, 0.15) is 10.4 Å². The van der Waals surface area contributed by atoms with E-state index in [0.29, 0.717) is 0 Å². The Morgan fingerprint density at radius 2 is 2.06 bits per heavy atom. The maximum Gasteiger partial charge on any atom is 0.250 e. The van der Waals surface area contributed by atoms with Crippen molar-refractivity contribution in [3.8, 4) is 11.6 Å². The zero-order chi connectivity index (χ0) is 13.1. The summed E-state index contributed by atoms with van der Waals surface area (Å²) in [5, 5.41) is 0. The quantitative estimate of drug-likeness (QED) is 0.807. The van der Waals surface area contributed by atoms with E-state index in [2.05, 4.69) is 4.98 Å². The van der Waals surface area contributed by atoms with Crippen molar-refractivity contribution >= 4 is 11.6 Å². The minimum Gasteiger partial charge on any atom is -0.437 e. The maximum absolute atomic E-state index is 13.0. The zero-order valence-electron chi connectivity index (χ0n) is 9.26. The van der Waals surface area contributed by atoms with E-state index in [0.717, 1.165) is 6.07 Å². The first-order valence-corrected chi connectivity index (χ1v) is 5.05. The number of nitrogens with zero attached hydrogens (tertiary/aromatic N) is 1. The molecule has 5 nitrogen and oxygen atoms in total. The summed E-state index contributed by atoms with van der Waals surface area (Å²) in [4.78, 5) is 14.7. The molecule has 1 aromatic carbocycles. The van der Waals surface area contributed by atoms with Gasteiger partial charge in [-0.3, -0.25) is 4.79 Å². The highest BCUT2D eigenvalue weighted by Gasteiger charge is 2.06. The van der Waals surface area contributed by atoms with Gasteiger partial charge in [-0.15, -0.1) is 0 Å². The van der Waals surface area contributed by atoms with Gasteiger partial charge < -0.3 is 16.2 Å². The normalized spacial score (nSPS) is 10.1. The van der Waals surface area contributed by atoms with Crippen LogP contribution in [0.5, 0.6) is 11.6 Å². The summed E-state index contributed by atoms with van der Waals surface area (Å²) >= 11 is 0. The van der Waals surface area contributed by atoms with Crippen molar-refractivity contribution in [1.82, 2.24) is 4.98 Å². The third-order valence-corrected chi connectivity index (χ3v) is 2.21. The number of aromatic nitrogens is 1. The summed E-state index contributed by atoms with van der Waals surface area (Å²) in [6.45, 7) is 0. The topological polar surface area (TPSA) is 91.2 Å². The Labute approximate surface area is 102 Å². The van der Waals surface area contributed by atoms with Gasteiger partial charge in [-0.05, 0) is 18.2 Å². The smallest absolute Gasteiger partial charge is 0.250 e. The average Bonchev–Trinajstić information content (AvgIpc) is 2.34. The minimum atomic E-state index is -0.584. The second-order valence-electron chi connectivity index (χ2n) is 3.53. The fourth-order valence-electron chi connectivity index (χ4n) is 1.30. The van der Waals surface area contributed by atoms with E-state index < -0.39 is 11.7 Å². The predicted octanol–water partition coefficient (Wildman–Crippen LogP) is 1.69. The number of amides is 1. The van der Waals surface area contributed by atoms with Crippen LogP contribution in [0.25, 0.3) is 0 Å². The number of nitrogen functional groups attached to an aromatic ring is 1. The zero-order valence-corrected chi connectivity index (χ0v) is 9.26. The average molecular weight is 247 g/mol. The molecule has 18 heavy (non-hydrogen) atoms. The van der Waals surface area contributed by atoms with Gasteiger partial charge in [0.25, 0.3) is 0 Å². The van der Waals surface area contributed by atoms with Gasteiger partial charge in [0.05, 0.1) is 11.3 Å². The van der Waals surface area contributed by atoms with Gasteiger partial charge in [-0.2, -0.15) is 0 Å². The molecule has 0 saturated carbocycles. The molecule has 0 fully saturated rings. The van der Waals surface area contributed by atoms with Crippen LogP contribution in [-0.2, 0) is 0 Å². The summed E-state index contributed by atoms with van der Waals surface area (Å²) in [6.07, 6.45) is 1.27. The Bertz CT molecular complexity index is 584. The van der Waals surface area contributed by atoms with Crippen LogP contribution < -0.4 is 16.2 Å². The lowest BCUT2D eigenvalue weighted by Gasteiger charge is -2.07. The lowest BCUT2D eigenvalue weighted by atomic mass is 10.3. The number of carbonyl (C=O) groups is 1. The van der Waals surface area contributed by atoms with Crippen LogP contribution in [0, 0.1) is 5.82 Å². The first-order chi connectivity index (χ1) is 8.56. The van der Waals surface area contributed by atoms with Crippen molar-refractivity contribution in [2.45, 2.75) is 0 Å². The molecule has 0 bridgehead atoms. The van der Waals surface area contributed by atoms with Gasteiger partial charge in [-0.1, -0.05) is 0 Å². The van der Waals surface area contributed by atoms with Crippen LogP contribution in [0.2, 0.25) is 0 Å². The third-order valence-electron chi connectivity index (χ3n) is 2.21. The van der Waals surface area contributed by atoms with Gasteiger partial charge in [0.15, 0.2) is 5.75 Å². The van der Waals surface area contributed by atoms with Crippen molar-refractivity contribution in [3.63, 3.8) is 0 Å². The third kappa shape index (κ3) is 2.54. The molecule has 0 unspecified atom stereocenters. The molecule has 2 aromatic rings. The molecule has 0 radical (unpaired) electrons. The minimum absolute atomic E-state index is 0.161. The number of anilines is 1. The second kappa shape index (κ2) is 4.70. The highest BCUT2D eigenvalue weighted by atomic mass is 19.1. The van der Waals surface area contributed by atoms with E-state index in [-0.39, 0.29) is 22.9 Å². The number of primary amides is 1. The SMILES string of the molecule is NC(=O)c1ccc(Oc2cc(F)ccc2N)nc1. The van der Waals surface area contributed by atoms with E-state index in [9.17, 15) is 9.18 Å². The van der Waals surface area contributed by atoms with Crippen molar-refractivity contribution in [3.05, 3.63) is 47.9 Å². The fraction of sp³-hybridized carbons (Fsp3) is 0. The van der Waals surface area contributed by atoms with E-state index in [1.54, 1.807) is 0 Å². The van der Waals surface area contributed by atoms with Gasteiger partial charge in [-0.25, -0.2) is 9.37 Å². The monoisotopic (exact) mass is 247 g/mol. The van der Waals surface area contributed by atoms with Crippen molar-refractivity contribution < 1.29 is 13.9 Å². The lowest BCUT2D eigenvalue weighted by molar-refractivity contribution is 0.1000. The molecule has 0 atom stereocenters. The Hall–Kier alpha value is -2.63. The van der Waals surface area contributed by atoms with Gasteiger partial charge >= 0.3 is 0 Å².